The van der Waals surface area contributed by atoms with E-state index in [1.54, 1.807) is 0 Å². The van der Waals surface area contributed by atoms with E-state index in [9.17, 15) is 5.26 Å². The van der Waals surface area contributed by atoms with Crippen LogP contribution in [0.15, 0.2) is 30.3 Å². The maximum absolute atomic E-state index is 9.35. The molecule has 2 aromatic rings. The topological polar surface area (TPSA) is 43.2 Å². The van der Waals surface area contributed by atoms with Gasteiger partial charge < -0.3 is 9.80 Å². The lowest BCUT2D eigenvalue weighted by molar-refractivity contribution is 0.233. The Morgan fingerprint density at radius 1 is 1.30 bits per heavy atom. The summed E-state index contributed by atoms with van der Waals surface area (Å²) in [4.78, 5) is 9.35. The second kappa shape index (κ2) is 5.10. The first kappa shape index (κ1) is 12.9. The Labute approximate surface area is 119 Å². The van der Waals surface area contributed by atoms with Crippen LogP contribution in [0.25, 0.3) is 10.9 Å². The number of hydrogen-bond donors (Lipinski definition) is 0. The first-order chi connectivity index (χ1) is 9.69. The van der Waals surface area contributed by atoms with E-state index in [-0.39, 0.29) is 0 Å². The maximum atomic E-state index is 9.35. The summed E-state index contributed by atoms with van der Waals surface area (Å²) in [7, 11) is 2.15. The predicted octanol–water partition coefficient (Wildman–Crippen LogP) is 2.25. The number of benzene rings is 1. The van der Waals surface area contributed by atoms with E-state index in [2.05, 4.69) is 29.8 Å². The Hall–Kier alpha value is -2.12. The van der Waals surface area contributed by atoms with E-state index in [4.69, 9.17) is 4.98 Å². The lowest BCUT2D eigenvalue weighted by atomic mass is 10.1. The van der Waals surface area contributed by atoms with Crippen LogP contribution in [-0.4, -0.2) is 42.6 Å². The average molecular weight is 266 g/mol. The van der Waals surface area contributed by atoms with Crippen molar-refractivity contribution in [3.05, 3.63) is 35.9 Å². The molecule has 0 bridgehead atoms. The minimum absolute atomic E-state index is 0.502. The first-order valence-corrected chi connectivity index (χ1v) is 6.94. The third-order valence-electron chi connectivity index (χ3n) is 4.11. The molecule has 1 atom stereocenters. The van der Waals surface area contributed by atoms with Gasteiger partial charge in [-0.1, -0.05) is 18.2 Å². The number of nitriles is 1. The molecule has 0 aliphatic carbocycles. The van der Waals surface area contributed by atoms with Gasteiger partial charge in [-0.15, -0.1) is 0 Å². The Morgan fingerprint density at radius 3 is 2.85 bits per heavy atom. The number of fused-ring (bicyclic) bond motifs is 1. The van der Waals surface area contributed by atoms with E-state index in [0.717, 1.165) is 36.4 Å². The summed E-state index contributed by atoms with van der Waals surface area (Å²) in [5.74, 6) is 0.917. The van der Waals surface area contributed by atoms with Gasteiger partial charge in [-0.05, 0) is 26.1 Å². The summed E-state index contributed by atoms with van der Waals surface area (Å²) in [5, 5.41) is 10.3. The van der Waals surface area contributed by atoms with Crippen molar-refractivity contribution in [2.24, 2.45) is 0 Å². The highest BCUT2D eigenvalue weighted by Gasteiger charge is 2.22. The van der Waals surface area contributed by atoms with E-state index >= 15 is 0 Å². The lowest BCUT2D eigenvalue weighted by Crippen LogP contribution is -2.50. The van der Waals surface area contributed by atoms with Crippen LogP contribution in [0.3, 0.4) is 0 Å². The largest absolute Gasteiger partial charge is 0.354 e. The highest BCUT2D eigenvalue weighted by Crippen LogP contribution is 2.24. The zero-order valence-corrected chi connectivity index (χ0v) is 11.9. The molecule has 0 radical (unpaired) electrons. The zero-order valence-electron chi connectivity index (χ0n) is 11.9. The molecule has 1 unspecified atom stereocenters. The molecule has 4 nitrogen and oxygen atoms in total. The molecule has 1 aromatic carbocycles. The van der Waals surface area contributed by atoms with Gasteiger partial charge in [-0.25, -0.2) is 4.98 Å². The molecule has 3 rings (SSSR count). The third-order valence-corrected chi connectivity index (χ3v) is 4.11. The summed E-state index contributed by atoms with van der Waals surface area (Å²) in [6, 6.07) is 12.6. The average Bonchev–Trinajstić information content (AvgIpc) is 2.49. The monoisotopic (exact) mass is 266 g/mol. The molecule has 0 saturated carbocycles. The van der Waals surface area contributed by atoms with Gasteiger partial charge >= 0.3 is 0 Å². The summed E-state index contributed by atoms with van der Waals surface area (Å²) in [6.45, 7) is 5.15. The summed E-state index contributed by atoms with van der Waals surface area (Å²) >= 11 is 0. The molecular formula is C16H18N4. The molecule has 1 aromatic heterocycles. The molecule has 1 aliphatic heterocycles. The fourth-order valence-electron chi connectivity index (χ4n) is 2.67. The molecule has 1 fully saturated rings. The summed E-state index contributed by atoms with van der Waals surface area (Å²) < 4.78 is 0. The van der Waals surface area contributed by atoms with E-state index in [1.807, 2.05) is 30.3 Å². The van der Waals surface area contributed by atoms with Gasteiger partial charge in [-0.3, -0.25) is 0 Å². The van der Waals surface area contributed by atoms with Crippen LogP contribution in [0, 0.1) is 11.3 Å². The molecule has 4 heteroatoms. The van der Waals surface area contributed by atoms with Crippen molar-refractivity contribution in [1.82, 2.24) is 9.88 Å². The molecule has 102 valence electrons. The second-order valence-electron chi connectivity index (χ2n) is 5.43. The fraction of sp³-hybridized carbons (Fsp3) is 0.375. The van der Waals surface area contributed by atoms with Crippen LogP contribution in [0.1, 0.15) is 12.5 Å². The molecule has 1 aliphatic rings. The van der Waals surface area contributed by atoms with Gasteiger partial charge in [0, 0.05) is 31.1 Å². The molecule has 0 N–H and O–H groups in total. The SMILES string of the molecule is CC1CN(c2cc(C#N)c3ccccc3n2)CCN1C. The van der Waals surface area contributed by atoms with Crippen LogP contribution in [0.2, 0.25) is 0 Å². The number of para-hydroxylation sites is 1. The van der Waals surface area contributed by atoms with Crippen LogP contribution >= 0.6 is 0 Å². The summed E-state index contributed by atoms with van der Waals surface area (Å²) in [5.41, 5.74) is 1.60. The van der Waals surface area contributed by atoms with Crippen LogP contribution in [0.5, 0.6) is 0 Å². The van der Waals surface area contributed by atoms with Gasteiger partial charge in [0.15, 0.2) is 0 Å². The van der Waals surface area contributed by atoms with Gasteiger partial charge in [0.1, 0.15) is 5.82 Å². The Kier molecular flexibility index (Phi) is 3.29. The quantitative estimate of drug-likeness (QED) is 0.794. The maximum Gasteiger partial charge on any atom is 0.130 e. The molecule has 0 amide bonds. The van der Waals surface area contributed by atoms with Crippen LogP contribution in [0.4, 0.5) is 5.82 Å². The lowest BCUT2D eigenvalue weighted by Gasteiger charge is -2.38. The van der Waals surface area contributed by atoms with Gasteiger partial charge in [0.05, 0.1) is 17.1 Å². The minimum atomic E-state index is 0.502. The molecule has 1 saturated heterocycles. The molecular weight excluding hydrogens is 248 g/mol. The number of pyridine rings is 1. The Morgan fingerprint density at radius 2 is 2.10 bits per heavy atom. The Balaban J connectivity index is 2.02. The van der Waals surface area contributed by atoms with Crippen LogP contribution < -0.4 is 4.90 Å². The predicted molar refractivity (Wildman–Crippen MR) is 80.8 cm³/mol. The normalized spacial score (nSPS) is 20.1. The van der Waals surface area contributed by atoms with E-state index in [1.165, 1.54) is 0 Å². The van der Waals surface area contributed by atoms with Gasteiger partial charge in [0.25, 0.3) is 0 Å². The van der Waals surface area contributed by atoms with Gasteiger partial charge in [-0.2, -0.15) is 5.26 Å². The fourth-order valence-corrected chi connectivity index (χ4v) is 2.67. The van der Waals surface area contributed by atoms with Crippen molar-refractivity contribution in [3.8, 4) is 6.07 Å². The molecule has 20 heavy (non-hydrogen) atoms. The number of aromatic nitrogens is 1. The number of hydrogen-bond acceptors (Lipinski definition) is 4. The smallest absolute Gasteiger partial charge is 0.130 e. The Bertz CT molecular complexity index is 674. The highest BCUT2D eigenvalue weighted by atomic mass is 15.3. The van der Waals surface area contributed by atoms with Crippen LogP contribution in [-0.2, 0) is 0 Å². The highest BCUT2D eigenvalue weighted by molar-refractivity contribution is 5.86. The van der Waals surface area contributed by atoms with E-state index in [0.29, 0.717) is 11.6 Å². The molecule has 2 heterocycles. The minimum Gasteiger partial charge on any atom is -0.354 e. The van der Waals surface area contributed by atoms with Crippen molar-refractivity contribution in [1.29, 1.82) is 5.26 Å². The number of nitrogens with zero attached hydrogens (tertiary/aromatic N) is 4. The van der Waals surface area contributed by atoms with Crippen molar-refractivity contribution in [2.75, 3.05) is 31.6 Å². The first-order valence-electron chi connectivity index (χ1n) is 6.94. The number of piperazine rings is 1. The third kappa shape index (κ3) is 2.21. The number of rotatable bonds is 1. The van der Waals surface area contributed by atoms with Crippen molar-refractivity contribution < 1.29 is 0 Å². The molecule has 0 spiro atoms. The standard InChI is InChI=1S/C16H18N4/c1-12-11-20(8-7-19(12)2)16-9-13(10-17)14-5-3-4-6-15(14)18-16/h3-6,9,12H,7-8,11H2,1-2H3. The number of anilines is 1. The van der Waals surface area contributed by atoms with Crippen molar-refractivity contribution >= 4 is 16.7 Å². The zero-order chi connectivity index (χ0) is 14.1. The second-order valence-corrected chi connectivity index (χ2v) is 5.43. The summed E-state index contributed by atoms with van der Waals surface area (Å²) in [6.07, 6.45) is 0. The van der Waals surface area contributed by atoms with Gasteiger partial charge in [0.2, 0.25) is 0 Å². The van der Waals surface area contributed by atoms with Crippen molar-refractivity contribution in [3.63, 3.8) is 0 Å². The number of likely N-dealkylation sites (N-methyl/N-ethyl adjacent to an activating group) is 1. The van der Waals surface area contributed by atoms with E-state index < -0.39 is 0 Å². The van der Waals surface area contributed by atoms with Crippen molar-refractivity contribution in [2.45, 2.75) is 13.0 Å².